The SMILES string of the molecule is CC(C)NC(=O)[C@@H](C)[NH2+][C@@H](C)c1ccc(Cl)cc1Cl. The monoisotopic (exact) mass is 303 g/mol. The Kier molecular flexibility index (Phi) is 6.11. The van der Waals surface area contributed by atoms with E-state index in [1.807, 2.05) is 45.1 Å². The Morgan fingerprint density at radius 1 is 1.21 bits per heavy atom. The summed E-state index contributed by atoms with van der Waals surface area (Å²) in [4.78, 5) is 11.9. The minimum absolute atomic E-state index is 0.0342. The molecule has 2 atom stereocenters. The van der Waals surface area contributed by atoms with Crippen molar-refractivity contribution in [3.63, 3.8) is 0 Å². The summed E-state index contributed by atoms with van der Waals surface area (Å²) in [5, 5.41) is 6.14. The maximum Gasteiger partial charge on any atom is 0.278 e. The van der Waals surface area contributed by atoms with Gasteiger partial charge in [0.15, 0.2) is 6.04 Å². The molecule has 0 aliphatic heterocycles. The fourth-order valence-electron chi connectivity index (χ4n) is 1.91. The van der Waals surface area contributed by atoms with E-state index in [2.05, 4.69) is 5.32 Å². The second kappa shape index (κ2) is 7.13. The number of halogens is 2. The Morgan fingerprint density at radius 2 is 1.84 bits per heavy atom. The molecule has 1 aromatic carbocycles. The first-order valence-corrected chi connectivity index (χ1v) is 7.17. The average Bonchev–Trinajstić information content (AvgIpc) is 2.27. The quantitative estimate of drug-likeness (QED) is 0.863. The molecule has 0 aliphatic rings. The van der Waals surface area contributed by atoms with E-state index in [0.29, 0.717) is 10.0 Å². The molecular weight excluding hydrogens is 283 g/mol. The predicted molar refractivity (Wildman–Crippen MR) is 79.5 cm³/mol. The zero-order valence-corrected chi connectivity index (χ0v) is 13.2. The Bertz CT molecular complexity index is 449. The third-order valence-corrected chi connectivity index (χ3v) is 3.44. The van der Waals surface area contributed by atoms with Crippen molar-refractivity contribution in [2.75, 3.05) is 0 Å². The Morgan fingerprint density at radius 3 is 2.37 bits per heavy atom. The van der Waals surface area contributed by atoms with Crippen molar-refractivity contribution in [3.8, 4) is 0 Å². The van der Waals surface area contributed by atoms with Crippen molar-refractivity contribution in [1.29, 1.82) is 0 Å². The van der Waals surface area contributed by atoms with Crippen molar-refractivity contribution in [3.05, 3.63) is 33.8 Å². The number of hydrogen-bond donors (Lipinski definition) is 2. The van der Waals surface area contributed by atoms with Gasteiger partial charge in [0.25, 0.3) is 5.91 Å². The number of nitrogens with one attached hydrogen (secondary N) is 1. The minimum atomic E-state index is -0.163. The molecule has 1 rings (SSSR count). The number of carbonyl (C=O) groups excluding carboxylic acids is 1. The molecule has 0 heterocycles. The van der Waals surface area contributed by atoms with E-state index in [1.54, 1.807) is 6.07 Å². The zero-order chi connectivity index (χ0) is 14.6. The van der Waals surface area contributed by atoms with Gasteiger partial charge in [-0.15, -0.1) is 0 Å². The minimum Gasteiger partial charge on any atom is -0.349 e. The fourth-order valence-corrected chi connectivity index (χ4v) is 2.49. The molecule has 0 unspecified atom stereocenters. The van der Waals surface area contributed by atoms with Crippen LogP contribution in [0.15, 0.2) is 18.2 Å². The molecule has 0 aromatic heterocycles. The number of amides is 1. The molecule has 0 fully saturated rings. The van der Waals surface area contributed by atoms with Gasteiger partial charge in [-0.2, -0.15) is 0 Å². The standard InChI is InChI=1S/C14H20Cl2N2O/c1-8(2)17-14(19)10(4)18-9(3)12-6-5-11(15)7-13(12)16/h5-10,18H,1-4H3,(H,17,19)/p+1/t9-,10+/m0/s1. The highest BCUT2D eigenvalue weighted by Gasteiger charge is 2.21. The predicted octanol–water partition coefficient (Wildman–Crippen LogP) is 2.53. The zero-order valence-electron chi connectivity index (χ0n) is 11.7. The molecule has 3 nitrogen and oxygen atoms in total. The molecular formula is C14H21Cl2N2O+. The molecule has 5 heteroatoms. The summed E-state index contributed by atoms with van der Waals surface area (Å²) in [5.41, 5.74) is 0.982. The fraction of sp³-hybridized carbons (Fsp3) is 0.500. The van der Waals surface area contributed by atoms with Crippen LogP contribution in [-0.4, -0.2) is 18.0 Å². The Balaban J connectivity index is 2.68. The number of nitrogens with two attached hydrogens (primary N) is 1. The van der Waals surface area contributed by atoms with Crippen LogP contribution in [-0.2, 0) is 4.79 Å². The summed E-state index contributed by atoms with van der Waals surface area (Å²) in [6, 6.07) is 5.52. The van der Waals surface area contributed by atoms with Crippen LogP contribution < -0.4 is 10.6 Å². The van der Waals surface area contributed by atoms with E-state index in [9.17, 15) is 4.79 Å². The van der Waals surface area contributed by atoms with Crippen LogP contribution in [0.3, 0.4) is 0 Å². The van der Waals surface area contributed by atoms with Crippen LogP contribution in [0, 0.1) is 0 Å². The highest BCUT2D eigenvalue weighted by atomic mass is 35.5. The highest BCUT2D eigenvalue weighted by molar-refractivity contribution is 6.35. The lowest BCUT2D eigenvalue weighted by Crippen LogP contribution is -2.92. The smallest absolute Gasteiger partial charge is 0.278 e. The second-order valence-electron chi connectivity index (χ2n) is 5.10. The van der Waals surface area contributed by atoms with Gasteiger partial charge < -0.3 is 10.6 Å². The largest absolute Gasteiger partial charge is 0.349 e. The number of hydrogen-bond acceptors (Lipinski definition) is 1. The number of carbonyl (C=O) groups is 1. The molecule has 0 radical (unpaired) electrons. The van der Waals surface area contributed by atoms with E-state index in [1.165, 1.54) is 0 Å². The van der Waals surface area contributed by atoms with Crippen molar-refractivity contribution < 1.29 is 10.1 Å². The summed E-state index contributed by atoms with van der Waals surface area (Å²) >= 11 is 12.0. The molecule has 1 aromatic rings. The lowest BCUT2D eigenvalue weighted by atomic mass is 10.1. The molecule has 0 saturated heterocycles. The molecule has 0 spiro atoms. The maximum absolute atomic E-state index is 11.9. The van der Waals surface area contributed by atoms with Gasteiger partial charge in [0.2, 0.25) is 0 Å². The van der Waals surface area contributed by atoms with Gasteiger partial charge in [-0.25, -0.2) is 0 Å². The van der Waals surface area contributed by atoms with E-state index in [0.717, 1.165) is 5.56 Å². The first-order valence-electron chi connectivity index (χ1n) is 6.41. The van der Waals surface area contributed by atoms with E-state index in [4.69, 9.17) is 23.2 Å². The molecule has 0 saturated carbocycles. The van der Waals surface area contributed by atoms with E-state index < -0.39 is 0 Å². The van der Waals surface area contributed by atoms with Crippen molar-refractivity contribution in [1.82, 2.24) is 5.32 Å². The van der Waals surface area contributed by atoms with Gasteiger partial charge in [0.05, 0.1) is 5.02 Å². The third-order valence-electron chi connectivity index (χ3n) is 2.87. The van der Waals surface area contributed by atoms with Crippen LogP contribution in [0.5, 0.6) is 0 Å². The normalized spacial score (nSPS) is 14.3. The Labute approximate surface area is 124 Å². The molecule has 1 amide bonds. The van der Waals surface area contributed by atoms with Gasteiger partial charge in [0, 0.05) is 16.6 Å². The van der Waals surface area contributed by atoms with Crippen molar-refractivity contribution in [2.24, 2.45) is 0 Å². The van der Waals surface area contributed by atoms with Crippen LogP contribution >= 0.6 is 23.2 Å². The van der Waals surface area contributed by atoms with Crippen LogP contribution in [0.1, 0.15) is 39.3 Å². The van der Waals surface area contributed by atoms with Gasteiger partial charge in [-0.3, -0.25) is 4.79 Å². The van der Waals surface area contributed by atoms with E-state index >= 15 is 0 Å². The van der Waals surface area contributed by atoms with Gasteiger partial charge in [-0.05, 0) is 39.8 Å². The lowest BCUT2D eigenvalue weighted by Gasteiger charge is -2.18. The van der Waals surface area contributed by atoms with E-state index in [-0.39, 0.29) is 24.0 Å². The van der Waals surface area contributed by atoms with Gasteiger partial charge >= 0.3 is 0 Å². The van der Waals surface area contributed by atoms with Gasteiger partial charge in [0.1, 0.15) is 6.04 Å². The average molecular weight is 304 g/mol. The molecule has 19 heavy (non-hydrogen) atoms. The third kappa shape index (κ3) is 5.01. The summed E-state index contributed by atoms with van der Waals surface area (Å²) in [5.74, 6) is 0.0342. The van der Waals surface area contributed by atoms with Crippen molar-refractivity contribution in [2.45, 2.75) is 45.8 Å². The lowest BCUT2D eigenvalue weighted by molar-refractivity contribution is -0.710. The van der Waals surface area contributed by atoms with Crippen LogP contribution in [0.2, 0.25) is 10.0 Å². The first-order chi connectivity index (χ1) is 8.81. The van der Waals surface area contributed by atoms with Crippen molar-refractivity contribution >= 4 is 29.1 Å². The summed E-state index contributed by atoms with van der Waals surface area (Å²) in [6.45, 7) is 7.81. The van der Waals surface area contributed by atoms with Crippen LogP contribution in [0.25, 0.3) is 0 Å². The topological polar surface area (TPSA) is 45.7 Å². The molecule has 3 N–H and O–H groups in total. The number of quaternary nitrogens is 1. The Hall–Kier alpha value is -0.770. The van der Waals surface area contributed by atoms with Gasteiger partial charge in [-0.1, -0.05) is 29.3 Å². The number of benzene rings is 1. The highest BCUT2D eigenvalue weighted by Crippen LogP contribution is 2.24. The molecule has 106 valence electrons. The maximum atomic E-state index is 11.9. The van der Waals surface area contributed by atoms with Crippen LogP contribution in [0.4, 0.5) is 0 Å². The first kappa shape index (κ1) is 16.3. The summed E-state index contributed by atoms with van der Waals surface area (Å²) in [7, 11) is 0. The molecule has 0 bridgehead atoms. The second-order valence-corrected chi connectivity index (χ2v) is 5.94. The number of rotatable bonds is 5. The summed E-state index contributed by atoms with van der Waals surface area (Å²) in [6.07, 6.45) is 0. The summed E-state index contributed by atoms with van der Waals surface area (Å²) < 4.78 is 0. The molecule has 0 aliphatic carbocycles.